The Bertz CT molecular complexity index is 653. The fourth-order valence-corrected chi connectivity index (χ4v) is 3.09. The highest BCUT2D eigenvalue weighted by atomic mass is 19.1. The maximum absolute atomic E-state index is 14.6. The highest BCUT2D eigenvalue weighted by Gasteiger charge is 2.28. The molecule has 1 aliphatic heterocycles. The summed E-state index contributed by atoms with van der Waals surface area (Å²) >= 11 is 0. The number of hydrogen-bond acceptors (Lipinski definition) is 2. The number of para-hydroxylation sites is 1. The Balaban J connectivity index is 2.01. The van der Waals surface area contributed by atoms with Crippen molar-refractivity contribution >= 4 is 11.4 Å². The van der Waals surface area contributed by atoms with Crippen LogP contribution in [0.4, 0.5) is 15.8 Å². The van der Waals surface area contributed by atoms with Gasteiger partial charge in [0.25, 0.3) is 0 Å². The second-order valence-electron chi connectivity index (χ2n) is 5.77. The molecular formula is C18H21FN2. The molecule has 1 heterocycles. The summed E-state index contributed by atoms with van der Waals surface area (Å²) in [5.74, 6) is -0.154. The normalized spacial score (nSPS) is 18.7. The van der Waals surface area contributed by atoms with E-state index in [9.17, 15) is 4.39 Å². The Morgan fingerprint density at radius 2 is 1.95 bits per heavy atom. The van der Waals surface area contributed by atoms with E-state index in [0.717, 1.165) is 17.7 Å². The molecule has 0 saturated heterocycles. The number of halogens is 1. The van der Waals surface area contributed by atoms with Crippen LogP contribution in [0, 0.1) is 5.82 Å². The van der Waals surface area contributed by atoms with Crippen molar-refractivity contribution in [3.8, 4) is 0 Å². The second-order valence-corrected chi connectivity index (χ2v) is 5.77. The van der Waals surface area contributed by atoms with E-state index in [-0.39, 0.29) is 17.9 Å². The van der Waals surface area contributed by atoms with Crippen LogP contribution in [0.1, 0.15) is 31.0 Å². The molecule has 0 aliphatic carbocycles. The Morgan fingerprint density at radius 3 is 2.67 bits per heavy atom. The average molecular weight is 284 g/mol. The first-order valence-corrected chi connectivity index (χ1v) is 7.45. The third-order valence-electron chi connectivity index (χ3n) is 4.37. The lowest BCUT2D eigenvalue weighted by atomic mass is 10.1. The van der Waals surface area contributed by atoms with E-state index >= 15 is 0 Å². The molecule has 1 aliphatic rings. The van der Waals surface area contributed by atoms with E-state index in [0.29, 0.717) is 5.69 Å². The first-order valence-electron chi connectivity index (χ1n) is 7.45. The van der Waals surface area contributed by atoms with Gasteiger partial charge in [0.05, 0.1) is 5.69 Å². The predicted octanol–water partition coefficient (Wildman–Crippen LogP) is 4.19. The minimum Gasteiger partial charge on any atom is -0.336 e. The van der Waals surface area contributed by atoms with Crippen LogP contribution in [-0.2, 0) is 6.42 Å². The topological polar surface area (TPSA) is 15.3 Å². The fourth-order valence-electron chi connectivity index (χ4n) is 3.09. The Labute approximate surface area is 125 Å². The van der Waals surface area contributed by atoms with Crippen molar-refractivity contribution in [3.05, 3.63) is 59.4 Å². The van der Waals surface area contributed by atoms with Gasteiger partial charge >= 0.3 is 0 Å². The first-order chi connectivity index (χ1) is 10.1. The molecule has 1 N–H and O–H groups in total. The van der Waals surface area contributed by atoms with Gasteiger partial charge in [-0.05, 0) is 56.6 Å². The van der Waals surface area contributed by atoms with Gasteiger partial charge in [-0.15, -0.1) is 0 Å². The van der Waals surface area contributed by atoms with Crippen molar-refractivity contribution < 1.29 is 4.39 Å². The molecule has 3 rings (SSSR count). The van der Waals surface area contributed by atoms with Gasteiger partial charge in [-0.1, -0.05) is 24.3 Å². The molecule has 3 heteroatoms. The van der Waals surface area contributed by atoms with Crippen LogP contribution in [0.3, 0.4) is 0 Å². The van der Waals surface area contributed by atoms with Gasteiger partial charge in [-0.2, -0.15) is 0 Å². The maximum Gasteiger partial charge on any atom is 0.147 e. The molecule has 21 heavy (non-hydrogen) atoms. The van der Waals surface area contributed by atoms with Gasteiger partial charge in [0.1, 0.15) is 5.82 Å². The second kappa shape index (κ2) is 5.49. The number of nitrogens with zero attached hydrogens (tertiary/aromatic N) is 1. The van der Waals surface area contributed by atoms with Crippen molar-refractivity contribution in [1.82, 2.24) is 5.32 Å². The molecule has 2 unspecified atom stereocenters. The van der Waals surface area contributed by atoms with Crippen LogP contribution in [-0.4, -0.2) is 13.1 Å². The molecule has 2 atom stereocenters. The summed E-state index contributed by atoms with van der Waals surface area (Å²) in [6.07, 6.45) is 0.963. The zero-order valence-electron chi connectivity index (χ0n) is 12.7. The van der Waals surface area contributed by atoms with Crippen molar-refractivity contribution in [2.45, 2.75) is 32.4 Å². The number of nitrogens with one attached hydrogen (secondary N) is 1. The molecule has 0 spiro atoms. The molecule has 2 aromatic carbocycles. The van der Waals surface area contributed by atoms with Crippen molar-refractivity contribution in [3.63, 3.8) is 0 Å². The number of anilines is 2. The van der Waals surface area contributed by atoms with Crippen molar-refractivity contribution in [2.24, 2.45) is 0 Å². The average Bonchev–Trinajstić information content (AvgIpc) is 2.82. The van der Waals surface area contributed by atoms with Gasteiger partial charge in [0.15, 0.2) is 0 Å². The summed E-state index contributed by atoms with van der Waals surface area (Å²) in [4.78, 5) is 2.11. The Morgan fingerprint density at radius 1 is 1.19 bits per heavy atom. The molecule has 2 nitrogen and oxygen atoms in total. The Kier molecular flexibility index (Phi) is 3.68. The zero-order chi connectivity index (χ0) is 15.0. The number of benzene rings is 2. The molecular weight excluding hydrogens is 263 g/mol. The molecule has 0 saturated carbocycles. The lowest BCUT2D eigenvalue weighted by Gasteiger charge is -2.26. The fraction of sp³-hybridized carbons (Fsp3) is 0.333. The summed E-state index contributed by atoms with van der Waals surface area (Å²) in [5.41, 5.74) is 4.05. The number of rotatable bonds is 3. The van der Waals surface area contributed by atoms with Crippen LogP contribution >= 0.6 is 0 Å². The minimum absolute atomic E-state index is 0.150. The third kappa shape index (κ3) is 2.42. The first kappa shape index (κ1) is 14.1. The van der Waals surface area contributed by atoms with Gasteiger partial charge < -0.3 is 10.2 Å². The van der Waals surface area contributed by atoms with Gasteiger partial charge in [0.2, 0.25) is 0 Å². The van der Waals surface area contributed by atoms with E-state index in [2.05, 4.69) is 29.3 Å². The Hall–Kier alpha value is -1.87. The summed E-state index contributed by atoms with van der Waals surface area (Å²) in [6.45, 7) is 4.17. The molecule has 0 radical (unpaired) electrons. The van der Waals surface area contributed by atoms with Gasteiger partial charge in [0, 0.05) is 17.8 Å². The molecule has 0 amide bonds. The number of hydrogen-bond donors (Lipinski definition) is 1. The lowest BCUT2D eigenvalue weighted by Crippen LogP contribution is -2.25. The zero-order valence-corrected chi connectivity index (χ0v) is 12.7. The third-order valence-corrected chi connectivity index (χ3v) is 4.37. The summed E-state index contributed by atoms with van der Waals surface area (Å²) in [5, 5.41) is 3.14. The summed E-state index contributed by atoms with van der Waals surface area (Å²) in [6, 6.07) is 14.2. The smallest absolute Gasteiger partial charge is 0.147 e. The van der Waals surface area contributed by atoms with Crippen LogP contribution < -0.4 is 10.2 Å². The predicted molar refractivity (Wildman–Crippen MR) is 85.6 cm³/mol. The van der Waals surface area contributed by atoms with E-state index in [1.807, 2.05) is 38.2 Å². The summed E-state index contributed by atoms with van der Waals surface area (Å²) < 4.78 is 14.6. The molecule has 2 aromatic rings. The van der Waals surface area contributed by atoms with Gasteiger partial charge in [-0.3, -0.25) is 0 Å². The van der Waals surface area contributed by atoms with Crippen molar-refractivity contribution in [2.75, 3.05) is 11.9 Å². The van der Waals surface area contributed by atoms with E-state index in [4.69, 9.17) is 0 Å². The quantitative estimate of drug-likeness (QED) is 0.909. The largest absolute Gasteiger partial charge is 0.336 e. The molecule has 0 fully saturated rings. The highest BCUT2D eigenvalue weighted by Crippen LogP contribution is 2.39. The van der Waals surface area contributed by atoms with Crippen molar-refractivity contribution in [1.29, 1.82) is 0 Å². The van der Waals surface area contributed by atoms with E-state index < -0.39 is 0 Å². The van der Waals surface area contributed by atoms with E-state index in [1.165, 1.54) is 5.56 Å². The molecule has 110 valence electrons. The van der Waals surface area contributed by atoms with Crippen LogP contribution in [0.2, 0.25) is 0 Å². The molecule has 0 aromatic heterocycles. The van der Waals surface area contributed by atoms with Crippen LogP contribution in [0.15, 0.2) is 42.5 Å². The standard InChI is InChI=1S/C18H21FN2/c1-12-10-15-6-4-5-7-17(15)21(12)18-9-8-14(11-16(18)19)13(2)20-3/h4-9,11-13,20H,10H2,1-3H3. The number of fused-ring (bicyclic) bond motifs is 1. The van der Waals surface area contributed by atoms with Crippen LogP contribution in [0.25, 0.3) is 0 Å². The minimum atomic E-state index is -0.154. The SMILES string of the molecule is CNC(C)c1ccc(N2c3ccccc3CC2C)c(F)c1. The maximum atomic E-state index is 14.6. The highest BCUT2D eigenvalue weighted by molar-refractivity contribution is 5.71. The summed E-state index contributed by atoms with van der Waals surface area (Å²) in [7, 11) is 1.88. The van der Waals surface area contributed by atoms with E-state index in [1.54, 1.807) is 6.07 Å². The monoisotopic (exact) mass is 284 g/mol. The van der Waals surface area contributed by atoms with Crippen LogP contribution in [0.5, 0.6) is 0 Å². The molecule has 0 bridgehead atoms. The lowest BCUT2D eigenvalue weighted by molar-refractivity contribution is 0.602. The van der Waals surface area contributed by atoms with Gasteiger partial charge in [-0.25, -0.2) is 4.39 Å².